The van der Waals surface area contributed by atoms with Gasteiger partial charge < -0.3 is 25.5 Å². The highest BCUT2D eigenvalue weighted by molar-refractivity contribution is 6.07. The van der Waals surface area contributed by atoms with Crippen LogP contribution in [0.15, 0.2) is 28.7 Å². The molecule has 1 atom stereocenters. The minimum absolute atomic E-state index is 0.00593. The van der Waals surface area contributed by atoms with Crippen molar-refractivity contribution in [2.45, 2.75) is 25.2 Å². The Morgan fingerprint density at radius 1 is 1.23 bits per heavy atom. The van der Waals surface area contributed by atoms with Crippen molar-refractivity contribution in [1.82, 2.24) is 25.9 Å². The van der Waals surface area contributed by atoms with Crippen LogP contribution in [0, 0.1) is 0 Å². The second kappa shape index (κ2) is 8.54. The van der Waals surface area contributed by atoms with Crippen molar-refractivity contribution >= 4 is 28.7 Å². The number of aromatic nitrogens is 2. The SMILES string of the molecule is COc1ccc(-c2nc(C(=O)NCC3(C)NC(=O)NC3=O)c(CN)o2)c2ccc(C(F)(F)F)nc12. The summed E-state index contributed by atoms with van der Waals surface area (Å²) in [6.45, 7) is 0.970. The van der Waals surface area contributed by atoms with E-state index in [2.05, 4.69) is 25.9 Å². The van der Waals surface area contributed by atoms with Crippen LogP contribution < -0.4 is 26.4 Å². The third kappa shape index (κ3) is 4.35. The lowest BCUT2D eigenvalue weighted by molar-refractivity contribution is -0.141. The number of carbonyl (C=O) groups is 3. The summed E-state index contributed by atoms with van der Waals surface area (Å²) >= 11 is 0. The molecule has 0 saturated carbocycles. The maximum absolute atomic E-state index is 13.2. The third-order valence-corrected chi connectivity index (χ3v) is 5.38. The van der Waals surface area contributed by atoms with Crippen molar-refractivity contribution < 1.29 is 36.7 Å². The lowest BCUT2D eigenvalue weighted by Gasteiger charge is -2.20. The molecule has 4 rings (SSSR count). The van der Waals surface area contributed by atoms with Gasteiger partial charge in [0.05, 0.1) is 13.7 Å². The van der Waals surface area contributed by atoms with Crippen LogP contribution in [0.5, 0.6) is 5.75 Å². The van der Waals surface area contributed by atoms with Gasteiger partial charge in [-0.05, 0) is 31.2 Å². The van der Waals surface area contributed by atoms with Gasteiger partial charge in [0, 0.05) is 17.5 Å². The van der Waals surface area contributed by atoms with Crippen molar-refractivity contribution in [3.05, 3.63) is 41.4 Å². The number of hydrogen-bond acceptors (Lipinski definition) is 8. The number of imide groups is 1. The Hall–Kier alpha value is -4.20. The van der Waals surface area contributed by atoms with Crippen LogP contribution in [0.3, 0.4) is 0 Å². The van der Waals surface area contributed by atoms with Gasteiger partial charge in [0.25, 0.3) is 11.8 Å². The van der Waals surface area contributed by atoms with Crippen molar-refractivity contribution in [1.29, 1.82) is 0 Å². The summed E-state index contributed by atoms with van der Waals surface area (Å²) in [7, 11) is 1.30. The number of halogens is 3. The number of oxazole rings is 1. The van der Waals surface area contributed by atoms with E-state index in [1.807, 2.05) is 0 Å². The number of carbonyl (C=O) groups excluding carboxylic acids is 3. The minimum Gasteiger partial charge on any atom is -0.494 e. The fourth-order valence-electron chi connectivity index (χ4n) is 3.53. The molecule has 1 aliphatic heterocycles. The molecule has 0 spiro atoms. The Bertz CT molecular complexity index is 1360. The molecule has 4 amide bonds. The van der Waals surface area contributed by atoms with Gasteiger partial charge in [0.15, 0.2) is 11.5 Å². The number of nitrogens with zero attached hydrogens (tertiary/aromatic N) is 2. The number of urea groups is 1. The molecule has 0 aliphatic carbocycles. The Labute approximate surface area is 195 Å². The zero-order valence-electron chi connectivity index (χ0n) is 18.4. The van der Waals surface area contributed by atoms with Crippen LogP contribution in [0.1, 0.15) is 28.9 Å². The van der Waals surface area contributed by atoms with Crippen LogP contribution in [0.2, 0.25) is 0 Å². The summed E-state index contributed by atoms with van der Waals surface area (Å²) < 4.78 is 50.3. The number of amides is 4. The normalized spacial score (nSPS) is 17.9. The molecule has 1 aliphatic rings. The number of fused-ring (bicyclic) bond motifs is 1. The minimum atomic E-state index is -4.66. The summed E-state index contributed by atoms with van der Waals surface area (Å²) in [5, 5.41) is 7.23. The predicted octanol–water partition coefficient (Wildman–Crippen LogP) is 1.70. The van der Waals surface area contributed by atoms with Crippen molar-refractivity contribution in [3.8, 4) is 17.2 Å². The maximum atomic E-state index is 13.2. The smallest absolute Gasteiger partial charge is 0.433 e. The summed E-state index contributed by atoms with van der Waals surface area (Å²) in [6, 6.07) is 4.24. The van der Waals surface area contributed by atoms with E-state index in [0.717, 1.165) is 6.07 Å². The highest BCUT2D eigenvalue weighted by Crippen LogP contribution is 2.36. The molecule has 5 N–H and O–H groups in total. The summed E-state index contributed by atoms with van der Waals surface area (Å²) in [5.74, 6) is -1.32. The lowest BCUT2D eigenvalue weighted by atomic mass is 10.0. The average molecular weight is 492 g/mol. The molecule has 1 saturated heterocycles. The van der Waals surface area contributed by atoms with E-state index in [1.54, 1.807) is 0 Å². The van der Waals surface area contributed by atoms with E-state index in [9.17, 15) is 27.6 Å². The van der Waals surface area contributed by atoms with E-state index in [-0.39, 0.29) is 52.7 Å². The van der Waals surface area contributed by atoms with E-state index >= 15 is 0 Å². The van der Waals surface area contributed by atoms with Gasteiger partial charge in [-0.1, -0.05) is 0 Å². The van der Waals surface area contributed by atoms with Crippen LogP contribution in [-0.2, 0) is 17.5 Å². The second-order valence-electron chi connectivity index (χ2n) is 7.82. The largest absolute Gasteiger partial charge is 0.494 e. The predicted molar refractivity (Wildman–Crippen MR) is 114 cm³/mol. The first kappa shape index (κ1) is 23.9. The van der Waals surface area contributed by atoms with E-state index < -0.39 is 35.3 Å². The van der Waals surface area contributed by atoms with Crippen molar-refractivity contribution in [2.75, 3.05) is 13.7 Å². The number of hydrogen-bond donors (Lipinski definition) is 4. The Kier molecular flexibility index (Phi) is 5.84. The number of nitrogens with two attached hydrogens (primary N) is 1. The standard InChI is InChI=1S/C21H19F3N6O5/c1-20(18(32)29-19(33)30-20)8-26-16(31)15-12(7-25)35-17(28-15)10-3-5-11(34-2)14-9(10)4-6-13(27-14)21(22,23)24/h3-6H,7-8,25H2,1-2H3,(H,26,31)(H2,29,30,32,33). The number of nitrogens with one attached hydrogen (secondary N) is 3. The van der Waals surface area contributed by atoms with Gasteiger partial charge in [0.2, 0.25) is 5.89 Å². The lowest BCUT2D eigenvalue weighted by Crippen LogP contribution is -2.52. The van der Waals surface area contributed by atoms with Crippen LogP contribution in [0.25, 0.3) is 22.4 Å². The number of ether oxygens (including phenoxy) is 1. The number of benzene rings is 1. The third-order valence-electron chi connectivity index (χ3n) is 5.38. The molecule has 3 aromatic rings. The number of rotatable bonds is 6. The van der Waals surface area contributed by atoms with E-state index in [4.69, 9.17) is 14.9 Å². The van der Waals surface area contributed by atoms with Crippen LogP contribution in [0.4, 0.5) is 18.0 Å². The number of methoxy groups -OCH3 is 1. The van der Waals surface area contributed by atoms with E-state index in [0.29, 0.717) is 0 Å². The molecule has 35 heavy (non-hydrogen) atoms. The quantitative estimate of drug-likeness (QED) is 0.378. The fourth-order valence-corrected chi connectivity index (χ4v) is 3.53. The fraction of sp³-hybridized carbons (Fsp3) is 0.286. The van der Waals surface area contributed by atoms with Gasteiger partial charge in [-0.2, -0.15) is 13.2 Å². The number of alkyl halides is 3. The Morgan fingerprint density at radius 2 is 1.97 bits per heavy atom. The highest BCUT2D eigenvalue weighted by atomic mass is 19.4. The molecule has 184 valence electrons. The Morgan fingerprint density at radius 3 is 2.57 bits per heavy atom. The first-order chi connectivity index (χ1) is 16.5. The summed E-state index contributed by atoms with van der Waals surface area (Å²) in [4.78, 5) is 44.0. The molecule has 14 heteroatoms. The van der Waals surface area contributed by atoms with Gasteiger partial charge in [0.1, 0.15) is 22.5 Å². The van der Waals surface area contributed by atoms with E-state index in [1.165, 1.54) is 32.2 Å². The maximum Gasteiger partial charge on any atom is 0.433 e. The zero-order valence-corrected chi connectivity index (χ0v) is 18.4. The molecule has 11 nitrogen and oxygen atoms in total. The number of pyridine rings is 1. The van der Waals surface area contributed by atoms with Crippen LogP contribution in [-0.4, -0.2) is 47.0 Å². The molecular formula is C21H19F3N6O5. The average Bonchev–Trinajstić information content (AvgIpc) is 3.35. The molecule has 1 fully saturated rings. The van der Waals surface area contributed by atoms with Gasteiger partial charge >= 0.3 is 12.2 Å². The Balaban J connectivity index is 1.69. The van der Waals surface area contributed by atoms with Gasteiger partial charge in [-0.25, -0.2) is 14.8 Å². The summed E-state index contributed by atoms with van der Waals surface area (Å²) in [5.41, 5.74) is 3.23. The van der Waals surface area contributed by atoms with Crippen molar-refractivity contribution in [2.24, 2.45) is 5.73 Å². The van der Waals surface area contributed by atoms with Gasteiger partial charge in [-0.3, -0.25) is 14.9 Å². The molecule has 3 heterocycles. The first-order valence-electron chi connectivity index (χ1n) is 10.1. The first-order valence-corrected chi connectivity index (χ1v) is 10.1. The molecular weight excluding hydrogens is 473 g/mol. The van der Waals surface area contributed by atoms with Crippen LogP contribution >= 0.6 is 0 Å². The summed E-state index contributed by atoms with van der Waals surface area (Å²) in [6.07, 6.45) is -4.66. The molecule has 1 unspecified atom stereocenters. The van der Waals surface area contributed by atoms with Gasteiger partial charge in [-0.15, -0.1) is 0 Å². The molecule has 2 aromatic heterocycles. The highest BCUT2D eigenvalue weighted by Gasteiger charge is 2.42. The monoisotopic (exact) mass is 492 g/mol. The molecule has 1 aromatic carbocycles. The molecule has 0 radical (unpaired) electrons. The second-order valence-corrected chi connectivity index (χ2v) is 7.82. The van der Waals surface area contributed by atoms with Crippen molar-refractivity contribution in [3.63, 3.8) is 0 Å². The molecule has 0 bridgehead atoms. The zero-order chi connectivity index (χ0) is 25.5. The topological polar surface area (TPSA) is 161 Å².